The van der Waals surface area contributed by atoms with Gasteiger partial charge >= 0.3 is 0 Å². The molecule has 0 aliphatic carbocycles. The van der Waals surface area contributed by atoms with E-state index < -0.39 is 0 Å². The van der Waals surface area contributed by atoms with Crippen LogP contribution in [0, 0.1) is 6.92 Å². The standard InChI is InChI=1S/C13H18N4O/c1-9-8-10(4-5-12(9)18-3)13(16-14)11-6-7-15-17(11)2/h4-8,13,16H,14H2,1-3H3. The molecule has 3 N–H and O–H groups in total. The molecule has 1 aromatic heterocycles. The van der Waals surface area contributed by atoms with Crippen LogP contribution in [0.15, 0.2) is 30.5 Å². The number of benzene rings is 1. The molecule has 5 nitrogen and oxygen atoms in total. The first kappa shape index (κ1) is 12.6. The molecule has 18 heavy (non-hydrogen) atoms. The molecule has 1 heterocycles. The van der Waals surface area contributed by atoms with Crippen LogP contribution >= 0.6 is 0 Å². The number of nitrogens with two attached hydrogens (primary N) is 1. The summed E-state index contributed by atoms with van der Waals surface area (Å²) in [6, 6.07) is 7.89. The number of hydrazine groups is 1. The van der Waals surface area contributed by atoms with Gasteiger partial charge in [0.25, 0.3) is 0 Å². The van der Waals surface area contributed by atoms with Crippen molar-refractivity contribution in [2.24, 2.45) is 12.9 Å². The highest BCUT2D eigenvalue weighted by molar-refractivity contribution is 5.39. The molecular weight excluding hydrogens is 228 g/mol. The van der Waals surface area contributed by atoms with Gasteiger partial charge in [-0.05, 0) is 30.2 Å². The fourth-order valence-corrected chi connectivity index (χ4v) is 2.10. The van der Waals surface area contributed by atoms with Crippen LogP contribution in [0.4, 0.5) is 0 Å². The van der Waals surface area contributed by atoms with Crippen LogP contribution in [0.2, 0.25) is 0 Å². The Bertz CT molecular complexity index is 536. The molecule has 0 radical (unpaired) electrons. The molecule has 0 aliphatic heterocycles. The minimum Gasteiger partial charge on any atom is -0.496 e. The number of nitrogens with zero attached hydrogens (tertiary/aromatic N) is 2. The molecule has 2 aromatic rings. The summed E-state index contributed by atoms with van der Waals surface area (Å²) in [5.41, 5.74) is 6.00. The Morgan fingerprint density at radius 1 is 1.39 bits per heavy atom. The van der Waals surface area contributed by atoms with Gasteiger partial charge in [-0.25, -0.2) is 5.43 Å². The van der Waals surface area contributed by atoms with Crippen LogP contribution in [0.5, 0.6) is 5.75 Å². The van der Waals surface area contributed by atoms with E-state index in [4.69, 9.17) is 10.6 Å². The van der Waals surface area contributed by atoms with Gasteiger partial charge in [-0.1, -0.05) is 12.1 Å². The summed E-state index contributed by atoms with van der Waals surface area (Å²) in [6.07, 6.45) is 1.76. The van der Waals surface area contributed by atoms with Gasteiger partial charge in [0, 0.05) is 13.2 Å². The lowest BCUT2D eigenvalue weighted by atomic mass is 10.0. The second-order valence-corrected chi connectivity index (χ2v) is 4.21. The molecule has 0 amide bonds. The minimum absolute atomic E-state index is 0.0814. The van der Waals surface area contributed by atoms with E-state index in [0.29, 0.717) is 0 Å². The molecule has 0 aliphatic rings. The van der Waals surface area contributed by atoms with Gasteiger partial charge in [0.1, 0.15) is 5.75 Å². The minimum atomic E-state index is -0.0814. The summed E-state index contributed by atoms with van der Waals surface area (Å²) >= 11 is 0. The summed E-state index contributed by atoms with van der Waals surface area (Å²) in [4.78, 5) is 0. The van der Waals surface area contributed by atoms with E-state index in [2.05, 4.69) is 16.6 Å². The first-order chi connectivity index (χ1) is 8.67. The lowest BCUT2D eigenvalue weighted by Gasteiger charge is -2.18. The molecule has 96 valence electrons. The Morgan fingerprint density at radius 2 is 2.17 bits per heavy atom. The maximum atomic E-state index is 5.66. The highest BCUT2D eigenvalue weighted by Gasteiger charge is 2.16. The lowest BCUT2D eigenvalue weighted by molar-refractivity contribution is 0.411. The number of aryl methyl sites for hydroxylation is 2. The quantitative estimate of drug-likeness (QED) is 0.630. The number of aromatic nitrogens is 2. The Morgan fingerprint density at radius 3 is 2.67 bits per heavy atom. The van der Waals surface area contributed by atoms with Crippen molar-refractivity contribution in [1.29, 1.82) is 0 Å². The second kappa shape index (κ2) is 5.20. The Kier molecular flexibility index (Phi) is 3.64. The fourth-order valence-electron chi connectivity index (χ4n) is 2.10. The SMILES string of the molecule is COc1ccc(C(NN)c2ccnn2C)cc1C. The fraction of sp³-hybridized carbons (Fsp3) is 0.308. The molecule has 0 fully saturated rings. The molecule has 0 saturated carbocycles. The van der Waals surface area contributed by atoms with Crippen LogP contribution in [0.1, 0.15) is 22.9 Å². The van der Waals surface area contributed by atoms with Gasteiger partial charge in [-0.15, -0.1) is 0 Å². The van der Waals surface area contributed by atoms with Crippen molar-refractivity contribution < 1.29 is 4.74 Å². The van der Waals surface area contributed by atoms with E-state index in [-0.39, 0.29) is 6.04 Å². The Balaban J connectivity index is 2.40. The zero-order valence-electron chi connectivity index (χ0n) is 10.8. The smallest absolute Gasteiger partial charge is 0.121 e. The number of methoxy groups -OCH3 is 1. The first-order valence-corrected chi connectivity index (χ1v) is 5.76. The van der Waals surface area contributed by atoms with Crippen molar-refractivity contribution in [2.45, 2.75) is 13.0 Å². The Labute approximate surface area is 107 Å². The van der Waals surface area contributed by atoms with Crippen molar-refractivity contribution >= 4 is 0 Å². The summed E-state index contributed by atoms with van der Waals surface area (Å²) < 4.78 is 7.07. The van der Waals surface area contributed by atoms with Gasteiger partial charge in [0.05, 0.1) is 18.8 Å². The van der Waals surface area contributed by atoms with Gasteiger partial charge in [0.2, 0.25) is 0 Å². The summed E-state index contributed by atoms with van der Waals surface area (Å²) in [5.74, 6) is 6.54. The summed E-state index contributed by atoms with van der Waals surface area (Å²) in [7, 11) is 3.57. The average molecular weight is 246 g/mol. The van der Waals surface area contributed by atoms with Crippen LogP contribution in [0.25, 0.3) is 0 Å². The van der Waals surface area contributed by atoms with Crippen molar-refractivity contribution in [3.63, 3.8) is 0 Å². The van der Waals surface area contributed by atoms with Crippen molar-refractivity contribution in [3.8, 4) is 5.75 Å². The summed E-state index contributed by atoms with van der Waals surface area (Å²) in [6.45, 7) is 2.01. The molecule has 1 aromatic carbocycles. The number of ether oxygens (including phenoxy) is 1. The zero-order valence-corrected chi connectivity index (χ0v) is 10.8. The molecule has 2 rings (SSSR count). The average Bonchev–Trinajstić information content (AvgIpc) is 2.77. The van der Waals surface area contributed by atoms with E-state index in [1.54, 1.807) is 13.3 Å². The van der Waals surface area contributed by atoms with Crippen LogP contribution in [-0.4, -0.2) is 16.9 Å². The summed E-state index contributed by atoms with van der Waals surface area (Å²) in [5, 5.41) is 4.16. The highest BCUT2D eigenvalue weighted by Crippen LogP contribution is 2.25. The molecular formula is C13H18N4O. The second-order valence-electron chi connectivity index (χ2n) is 4.21. The predicted octanol–water partition coefficient (Wildman–Crippen LogP) is 1.29. The van der Waals surface area contributed by atoms with Gasteiger partial charge < -0.3 is 4.74 Å². The van der Waals surface area contributed by atoms with Gasteiger partial charge in [-0.3, -0.25) is 10.5 Å². The third-order valence-corrected chi connectivity index (χ3v) is 3.07. The van der Waals surface area contributed by atoms with Gasteiger partial charge in [-0.2, -0.15) is 5.10 Å². The molecule has 5 heteroatoms. The predicted molar refractivity (Wildman–Crippen MR) is 70.1 cm³/mol. The van der Waals surface area contributed by atoms with E-state index in [0.717, 1.165) is 22.6 Å². The number of hydrogen-bond donors (Lipinski definition) is 2. The Hall–Kier alpha value is -1.85. The number of rotatable bonds is 4. The van der Waals surface area contributed by atoms with E-state index in [1.807, 2.05) is 36.9 Å². The van der Waals surface area contributed by atoms with Crippen molar-refractivity contribution in [2.75, 3.05) is 7.11 Å². The maximum absolute atomic E-state index is 5.66. The van der Waals surface area contributed by atoms with Crippen molar-refractivity contribution in [3.05, 3.63) is 47.3 Å². The first-order valence-electron chi connectivity index (χ1n) is 5.76. The molecule has 0 bridgehead atoms. The highest BCUT2D eigenvalue weighted by atomic mass is 16.5. The monoisotopic (exact) mass is 246 g/mol. The normalized spacial score (nSPS) is 12.4. The van der Waals surface area contributed by atoms with Crippen LogP contribution < -0.4 is 16.0 Å². The number of hydrogen-bond acceptors (Lipinski definition) is 4. The molecule has 0 saturated heterocycles. The zero-order chi connectivity index (χ0) is 13.1. The topological polar surface area (TPSA) is 65.1 Å². The van der Waals surface area contributed by atoms with E-state index >= 15 is 0 Å². The van der Waals surface area contributed by atoms with E-state index in [1.165, 1.54) is 0 Å². The molecule has 1 unspecified atom stereocenters. The van der Waals surface area contributed by atoms with E-state index in [9.17, 15) is 0 Å². The number of nitrogens with one attached hydrogen (secondary N) is 1. The van der Waals surface area contributed by atoms with Gasteiger partial charge in [0.15, 0.2) is 0 Å². The largest absolute Gasteiger partial charge is 0.496 e. The van der Waals surface area contributed by atoms with Crippen molar-refractivity contribution in [1.82, 2.24) is 15.2 Å². The molecule has 0 spiro atoms. The van der Waals surface area contributed by atoms with Crippen LogP contribution in [0.3, 0.4) is 0 Å². The third kappa shape index (κ3) is 2.23. The lowest BCUT2D eigenvalue weighted by Crippen LogP contribution is -2.30. The van der Waals surface area contributed by atoms with Crippen LogP contribution in [-0.2, 0) is 7.05 Å². The molecule has 1 atom stereocenters. The maximum Gasteiger partial charge on any atom is 0.121 e. The third-order valence-electron chi connectivity index (χ3n) is 3.07.